The molecule has 1 atom stereocenters. The maximum absolute atomic E-state index is 13.2. The van der Waals surface area contributed by atoms with Crippen molar-refractivity contribution in [1.29, 1.82) is 0 Å². The highest BCUT2D eigenvalue weighted by atomic mass is 19.3. The van der Waals surface area contributed by atoms with E-state index < -0.39 is 36.7 Å². The maximum atomic E-state index is 13.2. The van der Waals surface area contributed by atoms with Gasteiger partial charge in [0.1, 0.15) is 6.61 Å². The summed E-state index contributed by atoms with van der Waals surface area (Å²) < 4.78 is 44.1. The number of carbonyl (C=O) groups excluding carboxylic acids is 1. The summed E-state index contributed by atoms with van der Waals surface area (Å²) in [4.78, 5) is 11.6. The lowest BCUT2D eigenvalue weighted by molar-refractivity contribution is -0.123. The predicted molar refractivity (Wildman–Crippen MR) is 66.3 cm³/mol. The van der Waals surface area contributed by atoms with Crippen molar-refractivity contribution in [2.45, 2.75) is 18.4 Å². The first-order valence-electron chi connectivity index (χ1n) is 6.24. The second kappa shape index (κ2) is 6.13. The van der Waals surface area contributed by atoms with Gasteiger partial charge < -0.3 is 10.1 Å². The van der Waals surface area contributed by atoms with Crippen molar-refractivity contribution >= 4 is 5.91 Å². The molecule has 1 aliphatic heterocycles. The van der Waals surface area contributed by atoms with Gasteiger partial charge in [0.15, 0.2) is 11.6 Å². The van der Waals surface area contributed by atoms with Crippen molar-refractivity contribution in [3.8, 4) is 5.75 Å². The van der Waals surface area contributed by atoms with Crippen LogP contribution in [-0.4, -0.2) is 37.6 Å². The summed E-state index contributed by atoms with van der Waals surface area (Å²) in [5, 5.41) is 4.92. The number of ether oxygens (including phenoxy) is 1. The third-order valence-corrected chi connectivity index (χ3v) is 2.92. The molecule has 1 unspecified atom stereocenters. The lowest BCUT2D eigenvalue weighted by Crippen LogP contribution is -2.41. The third kappa shape index (κ3) is 3.86. The topological polar surface area (TPSA) is 50.4 Å². The number of hydrogen-bond donors (Lipinski definition) is 2. The summed E-state index contributed by atoms with van der Waals surface area (Å²) in [6.45, 7) is -0.302. The molecule has 1 aromatic carbocycles. The Morgan fingerprint density at radius 2 is 2.20 bits per heavy atom. The highest BCUT2D eigenvalue weighted by Gasteiger charge is 2.42. The van der Waals surface area contributed by atoms with E-state index in [4.69, 9.17) is 4.74 Å². The second-order valence-corrected chi connectivity index (χ2v) is 4.56. The SMILES string of the molecule is O=C(NCCOc1ccccc1F)C1CC(F)(F)CN1. The van der Waals surface area contributed by atoms with Crippen molar-refractivity contribution < 1.29 is 22.7 Å². The van der Waals surface area contributed by atoms with Gasteiger partial charge in [0.25, 0.3) is 5.92 Å². The van der Waals surface area contributed by atoms with Crippen LogP contribution in [0, 0.1) is 5.82 Å². The molecule has 1 aliphatic rings. The number of nitrogens with one attached hydrogen (secondary N) is 2. The van der Waals surface area contributed by atoms with Gasteiger partial charge in [0, 0.05) is 6.42 Å². The Balaban J connectivity index is 1.69. The molecule has 1 aromatic rings. The van der Waals surface area contributed by atoms with Crippen LogP contribution in [0.5, 0.6) is 5.75 Å². The molecule has 0 radical (unpaired) electrons. The number of rotatable bonds is 5. The van der Waals surface area contributed by atoms with Crippen molar-refractivity contribution in [3.63, 3.8) is 0 Å². The first kappa shape index (κ1) is 14.6. The Hall–Kier alpha value is -1.76. The molecule has 0 saturated carbocycles. The number of alkyl halides is 2. The fourth-order valence-corrected chi connectivity index (χ4v) is 1.92. The molecule has 1 fully saturated rings. The number of carbonyl (C=O) groups is 1. The first-order valence-corrected chi connectivity index (χ1v) is 6.24. The van der Waals surface area contributed by atoms with Crippen LogP contribution in [0.2, 0.25) is 0 Å². The summed E-state index contributed by atoms with van der Waals surface area (Å²) in [6.07, 6.45) is -0.507. The van der Waals surface area contributed by atoms with Crippen LogP contribution in [-0.2, 0) is 4.79 Å². The number of benzene rings is 1. The molecule has 0 spiro atoms. The van der Waals surface area contributed by atoms with Gasteiger partial charge in [0.2, 0.25) is 5.91 Å². The Kier molecular flexibility index (Phi) is 4.49. The molecule has 110 valence electrons. The van der Waals surface area contributed by atoms with E-state index in [1.807, 2.05) is 0 Å². The van der Waals surface area contributed by atoms with E-state index in [2.05, 4.69) is 10.6 Å². The molecular weight excluding hydrogens is 273 g/mol. The van der Waals surface area contributed by atoms with Gasteiger partial charge in [-0.3, -0.25) is 10.1 Å². The van der Waals surface area contributed by atoms with Gasteiger partial charge in [-0.25, -0.2) is 13.2 Å². The average Bonchev–Trinajstić information content (AvgIpc) is 2.77. The fourth-order valence-electron chi connectivity index (χ4n) is 1.92. The monoisotopic (exact) mass is 288 g/mol. The maximum Gasteiger partial charge on any atom is 0.262 e. The molecule has 0 aliphatic carbocycles. The molecule has 20 heavy (non-hydrogen) atoms. The van der Waals surface area contributed by atoms with E-state index in [1.54, 1.807) is 6.07 Å². The number of para-hydroxylation sites is 1. The van der Waals surface area contributed by atoms with Gasteiger partial charge in [-0.2, -0.15) is 0 Å². The van der Waals surface area contributed by atoms with Gasteiger partial charge >= 0.3 is 0 Å². The Morgan fingerprint density at radius 1 is 1.45 bits per heavy atom. The van der Waals surface area contributed by atoms with E-state index in [9.17, 15) is 18.0 Å². The molecule has 0 aromatic heterocycles. The molecular formula is C13H15F3N2O2. The summed E-state index contributed by atoms with van der Waals surface area (Å²) >= 11 is 0. The second-order valence-electron chi connectivity index (χ2n) is 4.56. The van der Waals surface area contributed by atoms with Crippen molar-refractivity contribution in [3.05, 3.63) is 30.1 Å². The van der Waals surface area contributed by atoms with Crippen LogP contribution in [0.25, 0.3) is 0 Å². The largest absolute Gasteiger partial charge is 0.489 e. The van der Waals surface area contributed by atoms with Gasteiger partial charge in [-0.05, 0) is 12.1 Å². The van der Waals surface area contributed by atoms with Gasteiger partial charge in [-0.15, -0.1) is 0 Å². The minimum Gasteiger partial charge on any atom is -0.489 e. The summed E-state index contributed by atoms with van der Waals surface area (Å²) in [5.74, 6) is -3.74. The molecule has 2 rings (SSSR count). The van der Waals surface area contributed by atoms with E-state index in [0.29, 0.717) is 0 Å². The zero-order valence-corrected chi connectivity index (χ0v) is 10.7. The zero-order valence-electron chi connectivity index (χ0n) is 10.7. The minimum absolute atomic E-state index is 0.0653. The average molecular weight is 288 g/mol. The summed E-state index contributed by atoms with van der Waals surface area (Å²) in [6, 6.07) is 5.00. The lowest BCUT2D eigenvalue weighted by atomic mass is 10.2. The van der Waals surface area contributed by atoms with E-state index in [1.165, 1.54) is 18.2 Å². The normalized spacial score (nSPS) is 20.6. The summed E-state index contributed by atoms with van der Waals surface area (Å²) in [7, 11) is 0. The van der Waals surface area contributed by atoms with E-state index >= 15 is 0 Å². The molecule has 1 heterocycles. The molecule has 1 amide bonds. The standard InChI is InChI=1S/C13H15F3N2O2/c14-9-3-1-2-4-11(9)20-6-5-17-12(19)10-7-13(15,16)8-18-10/h1-4,10,18H,5-8H2,(H,17,19). The lowest BCUT2D eigenvalue weighted by Gasteiger charge is -2.12. The zero-order chi connectivity index (χ0) is 14.6. The fraction of sp³-hybridized carbons (Fsp3) is 0.462. The van der Waals surface area contributed by atoms with Crippen LogP contribution in [0.15, 0.2) is 24.3 Å². The van der Waals surface area contributed by atoms with Crippen LogP contribution < -0.4 is 15.4 Å². The smallest absolute Gasteiger partial charge is 0.262 e. The van der Waals surface area contributed by atoms with Crippen LogP contribution in [0.3, 0.4) is 0 Å². The molecule has 2 N–H and O–H groups in total. The predicted octanol–water partition coefficient (Wildman–Crippen LogP) is 1.32. The van der Waals surface area contributed by atoms with Crippen LogP contribution >= 0.6 is 0 Å². The minimum atomic E-state index is -2.84. The van der Waals surface area contributed by atoms with E-state index in [0.717, 1.165) is 0 Å². The number of amides is 1. The van der Waals surface area contributed by atoms with E-state index in [-0.39, 0.29) is 18.9 Å². The molecule has 1 saturated heterocycles. The van der Waals surface area contributed by atoms with Crippen LogP contribution in [0.1, 0.15) is 6.42 Å². The Labute approximate surface area is 114 Å². The Morgan fingerprint density at radius 3 is 2.85 bits per heavy atom. The quantitative estimate of drug-likeness (QED) is 0.803. The molecule has 7 heteroatoms. The number of hydrogen-bond acceptors (Lipinski definition) is 3. The van der Waals surface area contributed by atoms with Crippen molar-refractivity contribution in [1.82, 2.24) is 10.6 Å². The molecule has 0 bridgehead atoms. The van der Waals surface area contributed by atoms with Crippen molar-refractivity contribution in [2.24, 2.45) is 0 Å². The van der Waals surface area contributed by atoms with Crippen molar-refractivity contribution in [2.75, 3.05) is 19.7 Å². The highest BCUT2D eigenvalue weighted by molar-refractivity contribution is 5.82. The molecule has 4 nitrogen and oxygen atoms in total. The first-order chi connectivity index (χ1) is 9.48. The highest BCUT2D eigenvalue weighted by Crippen LogP contribution is 2.24. The van der Waals surface area contributed by atoms with Crippen LogP contribution in [0.4, 0.5) is 13.2 Å². The van der Waals surface area contributed by atoms with Gasteiger partial charge in [0.05, 0.1) is 19.1 Å². The third-order valence-electron chi connectivity index (χ3n) is 2.92. The number of halogens is 3. The summed E-state index contributed by atoms with van der Waals surface area (Å²) in [5.41, 5.74) is 0. The Bertz CT molecular complexity index is 482. The van der Waals surface area contributed by atoms with Gasteiger partial charge in [-0.1, -0.05) is 12.1 Å².